The summed E-state index contributed by atoms with van der Waals surface area (Å²) >= 11 is 0. The smallest absolute Gasteiger partial charge is 0.264 e. The minimum absolute atomic E-state index is 0.0224. The van der Waals surface area contributed by atoms with Crippen molar-refractivity contribution in [2.24, 2.45) is 0 Å². The fourth-order valence-corrected chi connectivity index (χ4v) is 2.96. The minimum Gasteiger partial charge on any atom is -0.264 e. The molecule has 0 spiro atoms. The van der Waals surface area contributed by atoms with Crippen molar-refractivity contribution in [1.82, 2.24) is 15.0 Å². The van der Waals surface area contributed by atoms with Crippen LogP contribution in [0, 0.1) is 11.6 Å². The van der Waals surface area contributed by atoms with Crippen LogP contribution in [0.25, 0.3) is 33.3 Å². The van der Waals surface area contributed by atoms with Crippen molar-refractivity contribution >= 4 is 11.0 Å². The molecule has 28 heavy (non-hydrogen) atoms. The molecule has 4 aromatic rings. The lowest BCUT2D eigenvalue weighted by Gasteiger charge is -2.12. The molecule has 0 radical (unpaired) electrons. The number of nitrogens with zero attached hydrogens (tertiary/aromatic N) is 3. The molecule has 0 N–H and O–H groups in total. The lowest BCUT2D eigenvalue weighted by molar-refractivity contribution is -0.141. The average molecular weight is 387 g/mol. The molecule has 0 amide bonds. The summed E-state index contributed by atoms with van der Waals surface area (Å²) in [5.41, 5.74) is -1.02. The third kappa shape index (κ3) is 3.06. The van der Waals surface area contributed by atoms with E-state index in [-0.39, 0.29) is 33.3 Å². The van der Waals surface area contributed by atoms with E-state index in [0.29, 0.717) is 0 Å². The predicted molar refractivity (Wildman–Crippen MR) is 93.1 cm³/mol. The number of halogens is 5. The standard InChI is InChI=1S/C20H10F5N3/c21-15-5-3-13(18(22)17(15)11-2-1-8-26-10-11)12-7-9-27-19-14(12)4-6-16(28-19)20(23,24)25/h1-10H. The van der Waals surface area contributed by atoms with Gasteiger partial charge in [-0.2, -0.15) is 13.2 Å². The van der Waals surface area contributed by atoms with Gasteiger partial charge in [0.25, 0.3) is 0 Å². The lowest BCUT2D eigenvalue weighted by atomic mass is 9.96. The average Bonchev–Trinajstić information content (AvgIpc) is 2.67. The Morgan fingerprint density at radius 3 is 2.36 bits per heavy atom. The Kier molecular flexibility index (Phi) is 4.26. The van der Waals surface area contributed by atoms with Crippen molar-refractivity contribution in [3.8, 4) is 22.3 Å². The second kappa shape index (κ2) is 6.63. The van der Waals surface area contributed by atoms with Crippen molar-refractivity contribution in [3.05, 3.63) is 78.4 Å². The molecule has 0 atom stereocenters. The van der Waals surface area contributed by atoms with Crippen molar-refractivity contribution in [2.75, 3.05) is 0 Å². The highest BCUT2D eigenvalue weighted by Crippen LogP contribution is 2.36. The maximum atomic E-state index is 15.2. The van der Waals surface area contributed by atoms with Crippen molar-refractivity contribution in [2.45, 2.75) is 6.18 Å². The van der Waals surface area contributed by atoms with Crippen LogP contribution in [-0.4, -0.2) is 15.0 Å². The SMILES string of the molecule is Fc1ccc(-c2ccnc3nc(C(F)(F)F)ccc23)c(F)c1-c1cccnc1. The Bertz CT molecular complexity index is 1170. The topological polar surface area (TPSA) is 38.7 Å². The molecule has 0 aliphatic carbocycles. The van der Waals surface area contributed by atoms with E-state index in [1.54, 1.807) is 6.07 Å². The lowest BCUT2D eigenvalue weighted by Crippen LogP contribution is -2.08. The van der Waals surface area contributed by atoms with Gasteiger partial charge in [-0.25, -0.2) is 18.7 Å². The Morgan fingerprint density at radius 1 is 0.821 bits per heavy atom. The molecule has 0 saturated carbocycles. The van der Waals surface area contributed by atoms with Crippen molar-refractivity contribution in [1.29, 1.82) is 0 Å². The summed E-state index contributed by atoms with van der Waals surface area (Å²) in [7, 11) is 0. The van der Waals surface area contributed by atoms with Crippen LogP contribution in [0.5, 0.6) is 0 Å². The van der Waals surface area contributed by atoms with Gasteiger partial charge in [-0.05, 0) is 42.0 Å². The van der Waals surface area contributed by atoms with Crippen LogP contribution in [0.2, 0.25) is 0 Å². The summed E-state index contributed by atoms with van der Waals surface area (Å²) in [6.45, 7) is 0. The molecule has 0 aliphatic rings. The van der Waals surface area contributed by atoms with E-state index in [1.807, 2.05) is 0 Å². The Morgan fingerprint density at radius 2 is 1.64 bits per heavy atom. The first-order chi connectivity index (χ1) is 13.4. The van der Waals surface area contributed by atoms with E-state index >= 15 is 4.39 Å². The highest BCUT2D eigenvalue weighted by molar-refractivity contribution is 5.93. The summed E-state index contributed by atoms with van der Waals surface area (Å²) in [5, 5.41) is 0.221. The molecule has 0 unspecified atom stereocenters. The zero-order valence-corrected chi connectivity index (χ0v) is 14.0. The number of hydrogen-bond donors (Lipinski definition) is 0. The van der Waals surface area contributed by atoms with Gasteiger partial charge >= 0.3 is 6.18 Å². The fraction of sp³-hybridized carbons (Fsp3) is 0.0500. The van der Waals surface area contributed by atoms with E-state index in [4.69, 9.17) is 0 Å². The monoisotopic (exact) mass is 387 g/mol. The number of rotatable bonds is 2. The summed E-state index contributed by atoms with van der Waals surface area (Å²) < 4.78 is 68.2. The van der Waals surface area contributed by atoms with Crippen LogP contribution in [0.1, 0.15) is 5.69 Å². The number of pyridine rings is 3. The number of hydrogen-bond acceptors (Lipinski definition) is 3. The number of benzene rings is 1. The van der Waals surface area contributed by atoms with Crippen LogP contribution in [0.4, 0.5) is 22.0 Å². The molecular weight excluding hydrogens is 377 g/mol. The van der Waals surface area contributed by atoms with Gasteiger partial charge in [0.05, 0.1) is 5.56 Å². The Balaban J connectivity index is 1.94. The van der Waals surface area contributed by atoms with Gasteiger partial charge in [0.1, 0.15) is 17.3 Å². The van der Waals surface area contributed by atoms with Crippen molar-refractivity contribution in [3.63, 3.8) is 0 Å². The zero-order valence-electron chi connectivity index (χ0n) is 14.0. The second-order valence-electron chi connectivity index (χ2n) is 5.95. The van der Waals surface area contributed by atoms with E-state index in [9.17, 15) is 17.6 Å². The second-order valence-corrected chi connectivity index (χ2v) is 5.95. The Labute approximate surface area is 155 Å². The molecule has 140 valence electrons. The summed E-state index contributed by atoms with van der Waals surface area (Å²) in [5.74, 6) is -1.62. The van der Waals surface area contributed by atoms with Gasteiger partial charge in [0.2, 0.25) is 0 Å². The minimum atomic E-state index is -4.62. The molecule has 0 aliphatic heterocycles. The van der Waals surface area contributed by atoms with Gasteiger partial charge in [-0.1, -0.05) is 6.07 Å². The molecule has 3 heterocycles. The summed E-state index contributed by atoms with van der Waals surface area (Å²) in [4.78, 5) is 11.2. The molecule has 0 fully saturated rings. The highest BCUT2D eigenvalue weighted by Gasteiger charge is 2.32. The summed E-state index contributed by atoms with van der Waals surface area (Å²) in [6.07, 6.45) is -0.589. The third-order valence-corrected chi connectivity index (χ3v) is 4.23. The maximum absolute atomic E-state index is 15.2. The molecule has 3 aromatic heterocycles. The maximum Gasteiger partial charge on any atom is 0.433 e. The van der Waals surface area contributed by atoms with E-state index in [2.05, 4.69) is 15.0 Å². The summed E-state index contributed by atoms with van der Waals surface area (Å²) in [6, 6.07) is 8.82. The van der Waals surface area contributed by atoms with Gasteiger partial charge in [0.15, 0.2) is 5.65 Å². The molecule has 0 saturated heterocycles. The van der Waals surface area contributed by atoms with Crippen LogP contribution in [0.3, 0.4) is 0 Å². The molecule has 0 bridgehead atoms. The number of alkyl halides is 3. The first-order valence-electron chi connectivity index (χ1n) is 8.08. The first-order valence-corrected chi connectivity index (χ1v) is 8.08. The van der Waals surface area contributed by atoms with Gasteiger partial charge < -0.3 is 0 Å². The van der Waals surface area contributed by atoms with Gasteiger partial charge in [-0.15, -0.1) is 0 Å². The normalized spacial score (nSPS) is 11.8. The highest BCUT2D eigenvalue weighted by atomic mass is 19.4. The van der Waals surface area contributed by atoms with Crippen LogP contribution in [0.15, 0.2) is 61.1 Å². The zero-order chi connectivity index (χ0) is 19.9. The third-order valence-electron chi connectivity index (χ3n) is 4.23. The van der Waals surface area contributed by atoms with E-state index in [1.165, 1.54) is 42.9 Å². The van der Waals surface area contributed by atoms with Crippen LogP contribution in [-0.2, 0) is 6.18 Å². The number of fused-ring (bicyclic) bond motifs is 1. The van der Waals surface area contributed by atoms with Gasteiger partial charge in [-0.3, -0.25) is 4.98 Å². The molecule has 1 aromatic carbocycles. The van der Waals surface area contributed by atoms with E-state index in [0.717, 1.165) is 12.1 Å². The molecular formula is C20H10F5N3. The first kappa shape index (κ1) is 18.0. The largest absolute Gasteiger partial charge is 0.433 e. The quantitative estimate of drug-likeness (QED) is 0.417. The number of aromatic nitrogens is 3. The Hall–Kier alpha value is -3.42. The van der Waals surface area contributed by atoms with Crippen LogP contribution >= 0.6 is 0 Å². The molecule has 3 nitrogen and oxygen atoms in total. The van der Waals surface area contributed by atoms with Crippen molar-refractivity contribution < 1.29 is 22.0 Å². The van der Waals surface area contributed by atoms with E-state index < -0.39 is 23.5 Å². The molecule has 8 heteroatoms. The van der Waals surface area contributed by atoms with Crippen LogP contribution < -0.4 is 0 Å². The molecule has 4 rings (SSSR count). The predicted octanol–water partition coefficient (Wildman–Crippen LogP) is 5.66. The van der Waals surface area contributed by atoms with Gasteiger partial charge in [0, 0.05) is 35.1 Å². The fourth-order valence-electron chi connectivity index (χ4n) is 2.96.